The molecule has 0 aliphatic rings. The molecule has 1 N–H and O–H groups in total. The third kappa shape index (κ3) is 3.73. The van der Waals surface area contributed by atoms with Crippen LogP contribution in [-0.2, 0) is 4.74 Å². The Morgan fingerprint density at radius 3 is 2.75 bits per heavy atom. The summed E-state index contributed by atoms with van der Waals surface area (Å²) in [5.41, 5.74) is 1.69. The maximum Gasteiger partial charge on any atom is 0.416 e. The van der Waals surface area contributed by atoms with E-state index in [1.54, 1.807) is 19.3 Å². The van der Waals surface area contributed by atoms with E-state index >= 15 is 0 Å². The van der Waals surface area contributed by atoms with E-state index in [-0.39, 0.29) is 0 Å². The van der Waals surface area contributed by atoms with E-state index < -0.39 is 6.09 Å². The molecule has 1 aromatic heterocycles. The molecule has 0 aliphatic heterocycles. The van der Waals surface area contributed by atoms with Crippen molar-refractivity contribution >= 4 is 11.8 Å². The lowest BCUT2D eigenvalue weighted by atomic mass is 10.1. The van der Waals surface area contributed by atoms with Crippen LogP contribution >= 0.6 is 0 Å². The fraction of sp³-hybridized carbons (Fsp3) is 0.333. The monoisotopic (exact) mass is 220 g/mol. The molecule has 0 saturated heterocycles. The van der Waals surface area contributed by atoms with Gasteiger partial charge in [0.05, 0.1) is 17.6 Å². The molecule has 1 heterocycles. The average molecular weight is 220 g/mol. The van der Waals surface area contributed by atoms with Crippen LogP contribution in [0.2, 0.25) is 0 Å². The molecule has 0 saturated carbocycles. The summed E-state index contributed by atoms with van der Waals surface area (Å²) in [4.78, 5) is 15.3. The van der Waals surface area contributed by atoms with Crippen LogP contribution in [0.1, 0.15) is 32.3 Å². The molecule has 4 nitrogen and oxygen atoms in total. The van der Waals surface area contributed by atoms with Gasteiger partial charge in [0, 0.05) is 6.20 Å². The molecule has 1 rings (SSSR count). The molecular weight excluding hydrogens is 204 g/mol. The van der Waals surface area contributed by atoms with E-state index in [0.717, 1.165) is 5.56 Å². The van der Waals surface area contributed by atoms with E-state index in [1.807, 2.05) is 6.07 Å². The highest BCUT2D eigenvalue weighted by atomic mass is 16.6. The number of ether oxygens (including phenoxy) is 1. The molecule has 0 unspecified atom stereocenters. The molecule has 0 bridgehead atoms. The smallest absolute Gasteiger partial charge is 0.416 e. The first kappa shape index (κ1) is 12.2. The summed E-state index contributed by atoms with van der Waals surface area (Å²) in [6, 6.07) is 1.87. The zero-order chi connectivity index (χ0) is 12.1. The lowest BCUT2D eigenvalue weighted by molar-refractivity contribution is 0.192. The van der Waals surface area contributed by atoms with Crippen LogP contribution < -0.4 is 5.32 Å². The molecule has 0 spiro atoms. The third-order valence-electron chi connectivity index (χ3n) is 1.94. The summed E-state index contributed by atoms with van der Waals surface area (Å²) in [5.74, 6) is 0.719. The average Bonchev–Trinajstić information content (AvgIpc) is 2.16. The number of hydrogen-bond donors (Lipinski definition) is 1. The van der Waals surface area contributed by atoms with Gasteiger partial charge in [-0.25, -0.2) is 4.79 Å². The number of amides is 1. The van der Waals surface area contributed by atoms with Crippen molar-refractivity contribution in [1.82, 2.24) is 4.98 Å². The van der Waals surface area contributed by atoms with Gasteiger partial charge in [-0.2, -0.15) is 0 Å². The van der Waals surface area contributed by atoms with Crippen LogP contribution in [0.15, 0.2) is 30.8 Å². The van der Waals surface area contributed by atoms with Crippen molar-refractivity contribution < 1.29 is 9.53 Å². The topological polar surface area (TPSA) is 51.2 Å². The third-order valence-corrected chi connectivity index (χ3v) is 1.94. The van der Waals surface area contributed by atoms with Gasteiger partial charge in [-0.1, -0.05) is 20.4 Å². The SMILES string of the molecule is C=C(C)OC(=O)Nc1cncc(C(C)C)c1. The summed E-state index contributed by atoms with van der Waals surface area (Å²) >= 11 is 0. The zero-order valence-corrected chi connectivity index (χ0v) is 9.78. The molecule has 0 atom stereocenters. The number of nitrogens with one attached hydrogen (secondary N) is 1. The Balaban J connectivity index is 2.70. The molecule has 4 heteroatoms. The van der Waals surface area contributed by atoms with Crippen molar-refractivity contribution in [2.24, 2.45) is 0 Å². The number of pyridine rings is 1. The summed E-state index contributed by atoms with van der Waals surface area (Å²) in [5, 5.41) is 2.58. The molecule has 0 fully saturated rings. The van der Waals surface area contributed by atoms with Gasteiger partial charge in [0.25, 0.3) is 0 Å². The lowest BCUT2D eigenvalue weighted by Crippen LogP contribution is -2.12. The molecule has 0 aliphatic carbocycles. The second kappa shape index (κ2) is 5.30. The van der Waals surface area contributed by atoms with Crippen molar-refractivity contribution in [3.05, 3.63) is 36.4 Å². The van der Waals surface area contributed by atoms with Crippen molar-refractivity contribution in [3.63, 3.8) is 0 Å². The van der Waals surface area contributed by atoms with Crippen LogP contribution in [0.5, 0.6) is 0 Å². The fourth-order valence-electron chi connectivity index (χ4n) is 1.14. The number of carbonyl (C=O) groups excluding carboxylic acids is 1. The maximum atomic E-state index is 11.3. The molecule has 16 heavy (non-hydrogen) atoms. The number of rotatable bonds is 3. The largest absolute Gasteiger partial charge is 0.416 e. The Morgan fingerprint density at radius 2 is 2.19 bits per heavy atom. The fourth-order valence-corrected chi connectivity index (χ4v) is 1.14. The normalized spacial score (nSPS) is 10.0. The Kier molecular flexibility index (Phi) is 4.05. The molecule has 1 amide bonds. The molecule has 1 aromatic rings. The van der Waals surface area contributed by atoms with Crippen molar-refractivity contribution in [3.8, 4) is 0 Å². The number of aromatic nitrogens is 1. The summed E-state index contributed by atoms with van der Waals surface area (Å²) in [6.45, 7) is 9.22. The van der Waals surface area contributed by atoms with Crippen LogP contribution in [0.3, 0.4) is 0 Å². The van der Waals surface area contributed by atoms with Crippen molar-refractivity contribution in [1.29, 1.82) is 0 Å². The first-order chi connectivity index (χ1) is 7.49. The number of carbonyl (C=O) groups is 1. The number of hydrogen-bond acceptors (Lipinski definition) is 3. The highest BCUT2D eigenvalue weighted by Crippen LogP contribution is 2.17. The van der Waals surface area contributed by atoms with Gasteiger partial charge in [0.2, 0.25) is 0 Å². The molecule has 0 radical (unpaired) electrons. The van der Waals surface area contributed by atoms with Crippen LogP contribution in [0.4, 0.5) is 10.5 Å². The highest BCUT2D eigenvalue weighted by molar-refractivity contribution is 5.85. The minimum Gasteiger partial charge on any atom is -0.416 e. The van der Waals surface area contributed by atoms with E-state index in [1.165, 1.54) is 0 Å². The number of allylic oxidation sites excluding steroid dienone is 1. The van der Waals surface area contributed by atoms with Gasteiger partial charge in [-0.05, 0) is 24.5 Å². The minimum absolute atomic E-state index is 0.352. The predicted molar refractivity (Wildman–Crippen MR) is 63.2 cm³/mol. The Morgan fingerprint density at radius 1 is 1.50 bits per heavy atom. The van der Waals surface area contributed by atoms with Gasteiger partial charge in [0.1, 0.15) is 0 Å². The highest BCUT2D eigenvalue weighted by Gasteiger charge is 2.05. The number of anilines is 1. The quantitative estimate of drug-likeness (QED) is 0.795. The van der Waals surface area contributed by atoms with Gasteiger partial charge < -0.3 is 4.74 Å². The number of nitrogens with zero attached hydrogens (tertiary/aromatic N) is 1. The van der Waals surface area contributed by atoms with Crippen LogP contribution in [0, 0.1) is 0 Å². The Labute approximate surface area is 95.3 Å². The van der Waals surface area contributed by atoms with Gasteiger partial charge >= 0.3 is 6.09 Å². The minimum atomic E-state index is -0.546. The summed E-state index contributed by atoms with van der Waals surface area (Å²) < 4.78 is 4.78. The second-order valence-electron chi connectivity index (χ2n) is 3.88. The van der Waals surface area contributed by atoms with E-state index in [4.69, 9.17) is 4.74 Å². The summed E-state index contributed by atoms with van der Waals surface area (Å²) in [7, 11) is 0. The molecule has 0 aromatic carbocycles. The molecular formula is C12H16N2O2. The first-order valence-corrected chi connectivity index (χ1v) is 5.08. The van der Waals surface area contributed by atoms with E-state index in [2.05, 4.69) is 30.7 Å². The predicted octanol–water partition coefficient (Wildman–Crippen LogP) is 3.29. The summed E-state index contributed by atoms with van der Waals surface area (Å²) in [6.07, 6.45) is 2.81. The van der Waals surface area contributed by atoms with Crippen molar-refractivity contribution in [2.45, 2.75) is 26.7 Å². The lowest BCUT2D eigenvalue weighted by Gasteiger charge is -2.08. The van der Waals surface area contributed by atoms with E-state index in [0.29, 0.717) is 17.4 Å². The zero-order valence-electron chi connectivity index (χ0n) is 9.78. The van der Waals surface area contributed by atoms with E-state index in [9.17, 15) is 4.79 Å². The Bertz CT molecular complexity index is 400. The van der Waals surface area contributed by atoms with Crippen LogP contribution in [0.25, 0.3) is 0 Å². The van der Waals surface area contributed by atoms with Gasteiger partial charge in [-0.3, -0.25) is 10.3 Å². The van der Waals surface area contributed by atoms with Crippen molar-refractivity contribution in [2.75, 3.05) is 5.32 Å². The van der Waals surface area contributed by atoms with Gasteiger partial charge in [-0.15, -0.1) is 0 Å². The second-order valence-corrected chi connectivity index (χ2v) is 3.88. The first-order valence-electron chi connectivity index (χ1n) is 5.08. The Hall–Kier alpha value is -1.84. The molecule has 86 valence electrons. The van der Waals surface area contributed by atoms with Crippen LogP contribution in [-0.4, -0.2) is 11.1 Å². The maximum absolute atomic E-state index is 11.3. The van der Waals surface area contributed by atoms with Gasteiger partial charge in [0.15, 0.2) is 0 Å². The standard InChI is InChI=1S/C12H16N2O2/c1-8(2)10-5-11(7-13-6-10)14-12(15)16-9(3)4/h5-8H,3H2,1-2,4H3,(H,14,15).